The number of carbonyl (C=O) groups excluding carboxylic acids is 1. The van der Waals surface area contributed by atoms with Gasteiger partial charge in [-0.25, -0.2) is 9.37 Å². The normalized spacial score (nSPS) is 10.8. The summed E-state index contributed by atoms with van der Waals surface area (Å²) in [7, 11) is 0. The minimum absolute atomic E-state index is 0.205. The molecule has 2 rings (SSSR count). The molecule has 0 bridgehead atoms. The number of amides is 1. The van der Waals surface area contributed by atoms with E-state index in [1.807, 2.05) is 13.8 Å². The lowest BCUT2D eigenvalue weighted by Gasteiger charge is -2.09. The molecule has 0 aliphatic carbocycles. The van der Waals surface area contributed by atoms with Crippen molar-refractivity contribution < 1.29 is 9.18 Å². The fourth-order valence-electron chi connectivity index (χ4n) is 2.19. The van der Waals surface area contributed by atoms with Crippen molar-refractivity contribution in [2.75, 3.05) is 11.1 Å². The largest absolute Gasteiger partial charge is 0.323 e. The van der Waals surface area contributed by atoms with Crippen LogP contribution in [0, 0.1) is 19.7 Å². The number of aromatic nitrogens is 2. The molecule has 0 aliphatic rings. The number of benzene rings is 1. The van der Waals surface area contributed by atoms with Crippen LogP contribution in [0.3, 0.4) is 0 Å². The van der Waals surface area contributed by atoms with Crippen LogP contribution in [0.25, 0.3) is 0 Å². The summed E-state index contributed by atoms with van der Waals surface area (Å²) in [4.78, 5) is 16.6. The number of aryl methyl sites for hydroxylation is 1. The number of nitrogens with one attached hydrogen (secondary N) is 1. The summed E-state index contributed by atoms with van der Waals surface area (Å²) in [6, 6.07) is 6.16. The Morgan fingerprint density at radius 1 is 1.35 bits per heavy atom. The number of hydrogen-bond donors (Lipinski definition) is 1. The number of halogens is 1. The van der Waals surface area contributed by atoms with Gasteiger partial charge in [-0.3, -0.25) is 4.79 Å². The quantitative estimate of drug-likeness (QED) is 0.773. The molecule has 6 heteroatoms. The molecule has 0 fully saturated rings. The molecule has 4 nitrogen and oxygen atoms in total. The summed E-state index contributed by atoms with van der Waals surface area (Å²) in [5.74, 6) is -0.460. The summed E-state index contributed by atoms with van der Waals surface area (Å²) in [5.41, 5.74) is 2.33. The number of anilines is 1. The number of unbranched alkanes of at least 4 members (excludes halogenated alkanes) is 1. The maximum atomic E-state index is 13.5. The molecule has 0 aliphatic heterocycles. The van der Waals surface area contributed by atoms with Gasteiger partial charge in [-0.05, 0) is 32.4 Å². The Hall–Kier alpha value is -1.82. The third kappa shape index (κ3) is 4.58. The molecule has 0 atom stereocenters. The molecule has 1 N–H and O–H groups in total. The average Bonchev–Trinajstić information content (AvgIpc) is 2.80. The molecule has 124 valence electrons. The van der Waals surface area contributed by atoms with Crippen LogP contribution in [0.1, 0.15) is 31.2 Å². The molecule has 1 aromatic carbocycles. The summed E-state index contributed by atoms with van der Waals surface area (Å²) < 4.78 is 15.7. The first kappa shape index (κ1) is 17.5. The number of carbonyl (C=O) groups is 1. The Labute approximate surface area is 140 Å². The van der Waals surface area contributed by atoms with Crippen LogP contribution in [0.2, 0.25) is 0 Å². The summed E-state index contributed by atoms with van der Waals surface area (Å²) >= 11 is 1.38. The first-order valence-corrected chi connectivity index (χ1v) is 8.72. The van der Waals surface area contributed by atoms with Gasteiger partial charge in [0, 0.05) is 12.2 Å². The topological polar surface area (TPSA) is 46.9 Å². The zero-order chi connectivity index (χ0) is 16.8. The molecular formula is C17H22FN3OS. The van der Waals surface area contributed by atoms with E-state index in [2.05, 4.69) is 21.8 Å². The zero-order valence-electron chi connectivity index (χ0n) is 13.7. The van der Waals surface area contributed by atoms with Gasteiger partial charge in [-0.2, -0.15) is 0 Å². The van der Waals surface area contributed by atoms with Crippen molar-refractivity contribution in [3.63, 3.8) is 0 Å². The maximum Gasteiger partial charge on any atom is 0.234 e. The fraction of sp³-hybridized carbons (Fsp3) is 0.412. The van der Waals surface area contributed by atoms with Crippen molar-refractivity contribution in [2.24, 2.45) is 0 Å². The van der Waals surface area contributed by atoms with Crippen molar-refractivity contribution >= 4 is 23.4 Å². The lowest BCUT2D eigenvalue weighted by molar-refractivity contribution is -0.113. The van der Waals surface area contributed by atoms with Crippen molar-refractivity contribution in [3.05, 3.63) is 41.5 Å². The number of thioether (sulfide) groups is 1. The van der Waals surface area contributed by atoms with Crippen LogP contribution in [0.4, 0.5) is 10.1 Å². The van der Waals surface area contributed by atoms with Gasteiger partial charge < -0.3 is 9.88 Å². The molecule has 2 aromatic rings. The third-order valence-corrected chi connectivity index (χ3v) is 4.61. The minimum Gasteiger partial charge on any atom is -0.323 e. The van der Waals surface area contributed by atoms with E-state index < -0.39 is 5.82 Å². The number of imidazole rings is 1. The SMILES string of the molecule is CCCCn1c(SCC(=O)Nc2ccccc2F)nc(C)c1C. The molecular weight excluding hydrogens is 313 g/mol. The number of nitrogens with zero attached hydrogens (tertiary/aromatic N) is 2. The van der Waals surface area contributed by atoms with E-state index in [0.29, 0.717) is 0 Å². The van der Waals surface area contributed by atoms with Crippen LogP contribution in [0.5, 0.6) is 0 Å². The molecule has 23 heavy (non-hydrogen) atoms. The Balaban J connectivity index is 1.99. The Kier molecular flexibility index (Phi) is 6.21. The van der Waals surface area contributed by atoms with Gasteiger partial charge in [0.05, 0.1) is 17.1 Å². The lowest BCUT2D eigenvalue weighted by Crippen LogP contribution is -2.15. The van der Waals surface area contributed by atoms with E-state index in [-0.39, 0.29) is 17.3 Å². The molecule has 1 heterocycles. The molecule has 0 unspecified atom stereocenters. The first-order valence-electron chi connectivity index (χ1n) is 7.73. The summed E-state index contributed by atoms with van der Waals surface area (Å²) in [6.07, 6.45) is 2.18. The number of rotatable bonds is 7. The predicted molar refractivity (Wildman–Crippen MR) is 92.4 cm³/mol. The van der Waals surface area contributed by atoms with E-state index in [9.17, 15) is 9.18 Å². The van der Waals surface area contributed by atoms with E-state index in [0.717, 1.165) is 35.9 Å². The summed E-state index contributed by atoms with van der Waals surface area (Å²) in [5, 5.41) is 3.44. The number of hydrogen-bond acceptors (Lipinski definition) is 3. The van der Waals surface area contributed by atoms with Crippen LogP contribution in [-0.4, -0.2) is 21.2 Å². The van der Waals surface area contributed by atoms with E-state index in [4.69, 9.17) is 0 Å². The Bertz CT molecular complexity index is 684. The van der Waals surface area contributed by atoms with E-state index >= 15 is 0 Å². The maximum absolute atomic E-state index is 13.5. The van der Waals surface area contributed by atoms with Crippen molar-refractivity contribution in [3.8, 4) is 0 Å². The lowest BCUT2D eigenvalue weighted by atomic mass is 10.3. The van der Waals surface area contributed by atoms with Gasteiger partial charge in [0.1, 0.15) is 5.82 Å². The van der Waals surface area contributed by atoms with Crippen molar-refractivity contribution in [1.82, 2.24) is 9.55 Å². The van der Waals surface area contributed by atoms with Gasteiger partial charge in [0.15, 0.2) is 5.16 Å². The number of para-hydroxylation sites is 1. The second kappa shape index (κ2) is 8.15. The molecule has 0 saturated carbocycles. The second-order valence-corrected chi connectivity index (χ2v) is 6.33. The molecule has 0 spiro atoms. The molecule has 1 amide bonds. The summed E-state index contributed by atoms with van der Waals surface area (Å²) in [6.45, 7) is 7.07. The van der Waals surface area contributed by atoms with Crippen molar-refractivity contribution in [2.45, 2.75) is 45.3 Å². The highest BCUT2D eigenvalue weighted by atomic mass is 32.2. The van der Waals surface area contributed by atoms with Gasteiger partial charge >= 0.3 is 0 Å². The smallest absolute Gasteiger partial charge is 0.234 e. The van der Waals surface area contributed by atoms with Crippen molar-refractivity contribution in [1.29, 1.82) is 0 Å². The minimum atomic E-state index is -0.429. The highest BCUT2D eigenvalue weighted by Gasteiger charge is 2.13. The van der Waals surface area contributed by atoms with E-state index in [1.165, 1.54) is 17.8 Å². The first-order chi connectivity index (χ1) is 11.0. The highest BCUT2D eigenvalue weighted by molar-refractivity contribution is 7.99. The standard InChI is InChI=1S/C17H22FN3OS/c1-4-5-10-21-13(3)12(2)19-17(21)23-11-16(22)20-15-9-7-6-8-14(15)18/h6-9H,4-5,10-11H2,1-3H3,(H,20,22). The second-order valence-electron chi connectivity index (χ2n) is 5.39. The van der Waals surface area contributed by atoms with Gasteiger partial charge in [0.25, 0.3) is 0 Å². The molecule has 0 radical (unpaired) electrons. The fourth-order valence-corrected chi connectivity index (χ4v) is 3.11. The average molecular weight is 335 g/mol. The highest BCUT2D eigenvalue weighted by Crippen LogP contribution is 2.22. The van der Waals surface area contributed by atoms with Crippen LogP contribution in [-0.2, 0) is 11.3 Å². The zero-order valence-corrected chi connectivity index (χ0v) is 14.5. The molecule has 0 saturated heterocycles. The van der Waals surface area contributed by atoms with Gasteiger partial charge in [-0.1, -0.05) is 37.2 Å². The van der Waals surface area contributed by atoms with Crippen LogP contribution in [0.15, 0.2) is 29.4 Å². The van der Waals surface area contributed by atoms with Gasteiger partial charge in [-0.15, -0.1) is 0 Å². The monoisotopic (exact) mass is 335 g/mol. The van der Waals surface area contributed by atoms with E-state index in [1.54, 1.807) is 18.2 Å². The van der Waals surface area contributed by atoms with Crippen LogP contribution >= 0.6 is 11.8 Å². The third-order valence-electron chi connectivity index (χ3n) is 3.64. The molecule has 1 aromatic heterocycles. The van der Waals surface area contributed by atoms with Gasteiger partial charge in [0.2, 0.25) is 5.91 Å². The van der Waals surface area contributed by atoms with Crippen LogP contribution < -0.4 is 5.32 Å². The Morgan fingerprint density at radius 2 is 2.09 bits per heavy atom. The predicted octanol–water partition coefficient (Wildman–Crippen LogP) is 4.17. The Morgan fingerprint density at radius 3 is 2.78 bits per heavy atom.